The van der Waals surface area contributed by atoms with Crippen LogP contribution in [0.5, 0.6) is 0 Å². The summed E-state index contributed by atoms with van der Waals surface area (Å²) < 4.78 is 0. The summed E-state index contributed by atoms with van der Waals surface area (Å²) in [6.07, 6.45) is 1.03. The molecule has 1 rings (SSSR count). The highest BCUT2D eigenvalue weighted by molar-refractivity contribution is 5.98. The van der Waals surface area contributed by atoms with E-state index in [0.717, 1.165) is 6.42 Å². The average Bonchev–Trinajstić information content (AvgIpc) is 2.38. The van der Waals surface area contributed by atoms with E-state index in [0.29, 0.717) is 5.56 Å². The zero-order valence-corrected chi connectivity index (χ0v) is 13.0. The Labute approximate surface area is 121 Å². The van der Waals surface area contributed by atoms with Crippen LogP contribution in [0.3, 0.4) is 0 Å². The highest BCUT2D eigenvalue weighted by Crippen LogP contribution is 2.28. The van der Waals surface area contributed by atoms with Crippen molar-refractivity contribution in [3.63, 3.8) is 0 Å². The summed E-state index contributed by atoms with van der Waals surface area (Å²) in [5, 5.41) is 9.07. The zero-order chi connectivity index (χ0) is 15.6. The maximum Gasteiger partial charge on any atom is 0.309 e. The largest absolute Gasteiger partial charge is 0.481 e. The Kier molecular flexibility index (Phi) is 4.74. The van der Waals surface area contributed by atoms with Gasteiger partial charge in [0, 0.05) is 12.0 Å². The van der Waals surface area contributed by atoms with Gasteiger partial charge in [-0.05, 0) is 31.2 Å². The molecule has 0 radical (unpaired) electrons. The molecule has 20 heavy (non-hydrogen) atoms. The first-order chi connectivity index (χ1) is 9.10. The van der Waals surface area contributed by atoms with Crippen LogP contribution in [-0.4, -0.2) is 16.9 Å². The lowest BCUT2D eigenvalue weighted by atomic mass is 9.81. The molecule has 0 aliphatic carbocycles. The van der Waals surface area contributed by atoms with Gasteiger partial charge in [-0.2, -0.15) is 0 Å². The number of rotatable bonds is 6. The van der Waals surface area contributed by atoms with Gasteiger partial charge < -0.3 is 5.11 Å². The summed E-state index contributed by atoms with van der Waals surface area (Å²) in [6, 6.07) is 7.52. The van der Waals surface area contributed by atoms with E-state index in [1.54, 1.807) is 26.0 Å². The zero-order valence-electron chi connectivity index (χ0n) is 13.0. The SMILES string of the molecule is CCC(C)(C)c1ccc(C(=O)CC(C)(C)C(=O)O)cc1. The number of carboxylic acids is 1. The van der Waals surface area contributed by atoms with Gasteiger partial charge in [-0.25, -0.2) is 0 Å². The lowest BCUT2D eigenvalue weighted by Crippen LogP contribution is -2.27. The fraction of sp³-hybridized carbons (Fsp3) is 0.529. The number of hydrogen-bond acceptors (Lipinski definition) is 2. The predicted molar refractivity (Wildman–Crippen MR) is 80.1 cm³/mol. The molecule has 1 aromatic rings. The quantitative estimate of drug-likeness (QED) is 0.797. The third-order valence-corrected chi connectivity index (χ3v) is 4.05. The average molecular weight is 276 g/mol. The first-order valence-electron chi connectivity index (χ1n) is 6.97. The molecule has 0 aliphatic rings. The van der Waals surface area contributed by atoms with Crippen molar-refractivity contribution in [3.05, 3.63) is 35.4 Å². The Morgan fingerprint density at radius 1 is 1.05 bits per heavy atom. The Morgan fingerprint density at radius 3 is 1.95 bits per heavy atom. The van der Waals surface area contributed by atoms with E-state index in [2.05, 4.69) is 20.8 Å². The fourth-order valence-electron chi connectivity index (χ4n) is 1.89. The second kappa shape index (κ2) is 5.78. The topological polar surface area (TPSA) is 54.4 Å². The van der Waals surface area contributed by atoms with E-state index in [1.807, 2.05) is 12.1 Å². The Morgan fingerprint density at radius 2 is 1.55 bits per heavy atom. The van der Waals surface area contributed by atoms with E-state index in [4.69, 9.17) is 5.11 Å². The Hall–Kier alpha value is -1.64. The molecule has 0 aliphatic heterocycles. The van der Waals surface area contributed by atoms with Gasteiger partial charge in [-0.3, -0.25) is 9.59 Å². The van der Waals surface area contributed by atoms with Gasteiger partial charge in [0.15, 0.2) is 5.78 Å². The lowest BCUT2D eigenvalue weighted by molar-refractivity contribution is -0.146. The van der Waals surface area contributed by atoms with Crippen molar-refractivity contribution in [2.45, 2.75) is 52.9 Å². The first-order valence-corrected chi connectivity index (χ1v) is 6.97. The molecule has 110 valence electrons. The number of hydrogen-bond donors (Lipinski definition) is 1. The van der Waals surface area contributed by atoms with Crippen LogP contribution in [0.2, 0.25) is 0 Å². The summed E-state index contributed by atoms with van der Waals surface area (Å²) in [5.41, 5.74) is 0.824. The number of carboxylic acid groups (broad SMARTS) is 1. The van der Waals surface area contributed by atoms with Gasteiger partial charge in [0.05, 0.1) is 5.41 Å². The smallest absolute Gasteiger partial charge is 0.309 e. The molecule has 0 aromatic heterocycles. The van der Waals surface area contributed by atoms with Gasteiger partial charge in [-0.15, -0.1) is 0 Å². The van der Waals surface area contributed by atoms with Crippen molar-refractivity contribution in [2.75, 3.05) is 0 Å². The lowest BCUT2D eigenvalue weighted by Gasteiger charge is -2.23. The second-order valence-electron chi connectivity index (χ2n) is 6.60. The molecule has 0 fully saturated rings. The maximum absolute atomic E-state index is 12.1. The maximum atomic E-state index is 12.1. The highest BCUT2D eigenvalue weighted by Gasteiger charge is 2.30. The number of ketones is 1. The molecule has 0 spiro atoms. The van der Waals surface area contributed by atoms with E-state index >= 15 is 0 Å². The standard InChI is InChI=1S/C17H24O3/c1-6-16(2,3)13-9-7-12(8-10-13)14(18)11-17(4,5)15(19)20/h7-10H,6,11H2,1-5H3,(H,19,20). The van der Waals surface area contributed by atoms with Gasteiger partial charge in [0.2, 0.25) is 0 Å². The monoisotopic (exact) mass is 276 g/mol. The summed E-state index contributed by atoms with van der Waals surface area (Å²) in [5.74, 6) is -1.08. The van der Waals surface area contributed by atoms with Crippen LogP contribution in [-0.2, 0) is 10.2 Å². The first kappa shape index (κ1) is 16.4. The molecule has 0 atom stereocenters. The molecule has 3 nitrogen and oxygen atoms in total. The predicted octanol–water partition coefficient (Wildman–Crippen LogP) is 4.06. The molecule has 0 saturated carbocycles. The van der Waals surface area contributed by atoms with Crippen molar-refractivity contribution in [3.8, 4) is 0 Å². The Balaban J connectivity index is 2.90. The van der Waals surface area contributed by atoms with Gasteiger partial charge in [0.25, 0.3) is 0 Å². The van der Waals surface area contributed by atoms with Gasteiger partial charge in [-0.1, -0.05) is 45.0 Å². The van der Waals surface area contributed by atoms with Crippen LogP contribution in [0.1, 0.15) is 63.4 Å². The van der Waals surface area contributed by atoms with E-state index in [1.165, 1.54) is 5.56 Å². The minimum Gasteiger partial charge on any atom is -0.481 e. The molecule has 1 aromatic carbocycles. The third-order valence-electron chi connectivity index (χ3n) is 4.05. The normalized spacial score (nSPS) is 12.2. The van der Waals surface area contributed by atoms with Crippen LogP contribution in [0.15, 0.2) is 24.3 Å². The fourth-order valence-corrected chi connectivity index (χ4v) is 1.89. The van der Waals surface area contributed by atoms with Crippen molar-refractivity contribution < 1.29 is 14.7 Å². The molecular formula is C17H24O3. The van der Waals surface area contributed by atoms with Crippen LogP contribution in [0, 0.1) is 5.41 Å². The van der Waals surface area contributed by atoms with Crippen molar-refractivity contribution in [1.82, 2.24) is 0 Å². The molecule has 0 heterocycles. The van der Waals surface area contributed by atoms with Gasteiger partial charge >= 0.3 is 5.97 Å². The number of carbonyl (C=O) groups excluding carboxylic acids is 1. The molecule has 1 N–H and O–H groups in total. The molecule has 3 heteroatoms. The number of carbonyl (C=O) groups is 2. The minimum absolute atomic E-state index is 0.0127. The molecular weight excluding hydrogens is 252 g/mol. The summed E-state index contributed by atoms with van der Waals surface area (Å²) >= 11 is 0. The summed E-state index contributed by atoms with van der Waals surface area (Å²) in [7, 11) is 0. The number of aliphatic carboxylic acids is 1. The number of benzene rings is 1. The van der Waals surface area contributed by atoms with E-state index in [-0.39, 0.29) is 17.6 Å². The summed E-state index contributed by atoms with van der Waals surface area (Å²) in [4.78, 5) is 23.2. The molecule has 0 bridgehead atoms. The number of Topliss-reactive ketones (excluding diaryl/α,β-unsaturated/α-hetero) is 1. The Bertz CT molecular complexity index is 495. The van der Waals surface area contributed by atoms with E-state index < -0.39 is 11.4 Å². The van der Waals surface area contributed by atoms with Gasteiger partial charge in [0.1, 0.15) is 0 Å². The molecule has 0 saturated heterocycles. The molecule has 0 amide bonds. The van der Waals surface area contributed by atoms with E-state index in [9.17, 15) is 9.59 Å². The van der Waals surface area contributed by atoms with Crippen LogP contribution in [0.4, 0.5) is 0 Å². The molecule has 0 unspecified atom stereocenters. The summed E-state index contributed by atoms with van der Waals surface area (Å²) in [6.45, 7) is 9.60. The van der Waals surface area contributed by atoms with Crippen LogP contribution in [0.25, 0.3) is 0 Å². The minimum atomic E-state index is -1.03. The van der Waals surface area contributed by atoms with Crippen molar-refractivity contribution in [2.24, 2.45) is 5.41 Å². The van der Waals surface area contributed by atoms with Crippen molar-refractivity contribution >= 4 is 11.8 Å². The highest BCUT2D eigenvalue weighted by atomic mass is 16.4. The van der Waals surface area contributed by atoms with Crippen LogP contribution < -0.4 is 0 Å². The van der Waals surface area contributed by atoms with Crippen molar-refractivity contribution in [1.29, 1.82) is 0 Å². The van der Waals surface area contributed by atoms with Crippen LogP contribution >= 0.6 is 0 Å². The third kappa shape index (κ3) is 3.69. The second-order valence-corrected chi connectivity index (χ2v) is 6.60.